The van der Waals surface area contributed by atoms with Gasteiger partial charge in [0, 0.05) is 14.9 Å². The van der Waals surface area contributed by atoms with E-state index in [9.17, 15) is 20.6 Å². The van der Waals surface area contributed by atoms with Gasteiger partial charge in [0.05, 0.1) is 23.8 Å². The van der Waals surface area contributed by atoms with Gasteiger partial charge in [0.15, 0.2) is 11.5 Å². The van der Waals surface area contributed by atoms with Crippen molar-refractivity contribution >= 4 is 44.3 Å². The van der Waals surface area contributed by atoms with E-state index in [2.05, 4.69) is 33.4 Å². The number of nitrogens with zero attached hydrogens (tertiary/aromatic N) is 3. The maximum Gasteiger partial charge on any atom is 0.266 e. The molecule has 0 fully saturated rings. The Labute approximate surface area is 233 Å². The Morgan fingerprint density at radius 2 is 1.87 bits per heavy atom. The second kappa shape index (κ2) is 12.4. The van der Waals surface area contributed by atoms with E-state index in [-0.39, 0.29) is 12.2 Å². The Morgan fingerprint density at radius 1 is 1.11 bits per heavy atom. The molecule has 0 atom stereocenters. The number of rotatable bonds is 8. The smallest absolute Gasteiger partial charge is 0.266 e. The van der Waals surface area contributed by atoms with Crippen LogP contribution < -0.4 is 14.8 Å². The molecule has 0 radical (unpaired) electrons. The SMILES string of the molecule is CCOc1cc(/C=C(\C#N)C(=O)Nc2sc3c(c2C#N)CCCC3)c(Br)cc1OCc1ccccc1C#N. The van der Waals surface area contributed by atoms with E-state index in [0.29, 0.717) is 44.3 Å². The van der Waals surface area contributed by atoms with E-state index in [1.807, 2.05) is 25.1 Å². The number of fused-ring (bicyclic) bond motifs is 1. The van der Waals surface area contributed by atoms with Crippen LogP contribution >= 0.6 is 27.3 Å². The van der Waals surface area contributed by atoms with E-state index in [1.54, 1.807) is 24.3 Å². The summed E-state index contributed by atoms with van der Waals surface area (Å²) in [5.74, 6) is 0.307. The number of anilines is 1. The molecule has 1 aromatic heterocycles. The van der Waals surface area contributed by atoms with Crippen LogP contribution in [0.25, 0.3) is 6.08 Å². The number of aryl methyl sites for hydroxylation is 1. The molecule has 0 spiro atoms. The standard InChI is InChI=1S/C29H23BrN4O3S/c1-2-36-25-12-20(24(30)13-26(25)37-17-19-8-4-3-7-18(19)14-31)11-21(15-32)28(35)34-29-23(16-33)22-9-5-6-10-27(22)38-29/h3-4,7-8,11-13H,2,5-6,9-10,17H2,1H3,(H,34,35)/b21-11+. The summed E-state index contributed by atoms with van der Waals surface area (Å²) in [4.78, 5) is 14.2. The lowest BCUT2D eigenvalue weighted by atomic mass is 9.96. The van der Waals surface area contributed by atoms with Crippen LogP contribution in [-0.4, -0.2) is 12.5 Å². The maximum absolute atomic E-state index is 13.0. The van der Waals surface area contributed by atoms with Gasteiger partial charge in [0.1, 0.15) is 29.3 Å². The quantitative estimate of drug-likeness (QED) is 0.233. The Hall–Kier alpha value is -4.10. The number of benzene rings is 2. The monoisotopic (exact) mass is 586 g/mol. The molecule has 1 N–H and O–H groups in total. The van der Waals surface area contributed by atoms with Crippen molar-refractivity contribution in [2.24, 2.45) is 0 Å². The topological polar surface area (TPSA) is 119 Å². The minimum absolute atomic E-state index is 0.111. The number of nitrogens with one attached hydrogen (secondary N) is 1. The van der Waals surface area contributed by atoms with Gasteiger partial charge in [-0.05, 0) is 68.0 Å². The molecule has 1 aliphatic carbocycles. The number of carbonyl (C=O) groups is 1. The zero-order valence-electron chi connectivity index (χ0n) is 20.6. The molecule has 0 saturated heterocycles. The molecular weight excluding hydrogens is 564 g/mol. The Bertz CT molecular complexity index is 1540. The van der Waals surface area contributed by atoms with Crippen molar-refractivity contribution in [2.45, 2.75) is 39.2 Å². The third-order valence-electron chi connectivity index (χ3n) is 6.06. The predicted molar refractivity (Wildman–Crippen MR) is 149 cm³/mol. The first-order valence-corrected chi connectivity index (χ1v) is 13.6. The lowest BCUT2D eigenvalue weighted by Gasteiger charge is -2.15. The van der Waals surface area contributed by atoms with Crippen LogP contribution in [0, 0.1) is 34.0 Å². The van der Waals surface area contributed by atoms with E-state index >= 15 is 0 Å². The number of carbonyl (C=O) groups excluding carboxylic acids is 1. The molecule has 0 bridgehead atoms. The van der Waals surface area contributed by atoms with Crippen molar-refractivity contribution in [3.05, 3.63) is 79.1 Å². The second-order valence-electron chi connectivity index (χ2n) is 8.46. The first-order chi connectivity index (χ1) is 18.5. The average molecular weight is 587 g/mol. The highest BCUT2D eigenvalue weighted by molar-refractivity contribution is 9.10. The molecule has 190 valence electrons. The Kier molecular flexibility index (Phi) is 8.81. The van der Waals surface area contributed by atoms with Gasteiger partial charge in [-0.2, -0.15) is 15.8 Å². The molecule has 1 amide bonds. The highest BCUT2D eigenvalue weighted by atomic mass is 79.9. The molecule has 0 saturated carbocycles. The molecule has 2 aromatic carbocycles. The minimum atomic E-state index is -0.583. The molecule has 1 aliphatic rings. The number of halogens is 1. The van der Waals surface area contributed by atoms with Gasteiger partial charge in [0.2, 0.25) is 0 Å². The molecular formula is C29H23BrN4O3S. The maximum atomic E-state index is 13.0. The van der Waals surface area contributed by atoms with Gasteiger partial charge in [-0.1, -0.05) is 34.1 Å². The lowest BCUT2D eigenvalue weighted by molar-refractivity contribution is -0.112. The first-order valence-electron chi connectivity index (χ1n) is 12.0. The number of ether oxygens (including phenoxy) is 2. The largest absolute Gasteiger partial charge is 0.490 e. The van der Waals surface area contributed by atoms with Crippen LogP contribution in [0.1, 0.15) is 52.5 Å². The molecule has 7 nitrogen and oxygen atoms in total. The fourth-order valence-electron chi connectivity index (χ4n) is 4.20. The predicted octanol–water partition coefficient (Wildman–Crippen LogP) is 6.66. The molecule has 0 unspecified atom stereocenters. The summed E-state index contributed by atoms with van der Waals surface area (Å²) >= 11 is 4.92. The average Bonchev–Trinajstić information content (AvgIpc) is 3.29. The summed E-state index contributed by atoms with van der Waals surface area (Å²) in [5.41, 5.74) is 3.22. The van der Waals surface area contributed by atoms with Crippen molar-refractivity contribution in [1.82, 2.24) is 0 Å². The Balaban J connectivity index is 1.59. The summed E-state index contributed by atoms with van der Waals surface area (Å²) in [5, 5.41) is 32.0. The summed E-state index contributed by atoms with van der Waals surface area (Å²) < 4.78 is 12.3. The van der Waals surface area contributed by atoms with Gasteiger partial charge < -0.3 is 14.8 Å². The van der Waals surface area contributed by atoms with Crippen molar-refractivity contribution < 1.29 is 14.3 Å². The fourth-order valence-corrected chi connectivity index (χ4v) is 5.87. The lowest BCUT2D eigenvalue weighted by Crippen LogP contribution is -2.13. The van der Waals surface area contributed by atoms with Crippen molar-refractivity contribution in [2.75, 3.05) is 11.9 Å². The molecule has 9 heteroatoms. The second-order valence-corrected chi connectivity index (χ2v) is 10.4. The van der Waals surface area contributed by atoms with Crippen molar-refractivity contribution in [3.63, 3.8) is 0 Å². The van der Waals surface area contributed by atoms with E-state index < -0.39 is 5.91 Å². The molecule has 3 aromatic rings. The van der Waals surface area contributed by atoms with Crippen molar-refractivity contribution in [1.29, 1.82) is 15.8 Å². The summed E-state index contributed by atoms with van der Waals surface area (Å²) in [6, 6.07) is 16.9. The number of hydrogen-bond acceptors (Lipinski definition) is 7. The number of thiophene rings is 1. The van der Waals surface area contributed by atoms with E-state index in [4.69, 9.17) is 9.47 Å². The van der Waals surface area contributed by atoms with Crippen LogP contribution in [0.3, 0.4) is 0 Å². The number of amides is 1. The van der Waals surface area contributed by atoms with Gasteiger partial charge >= 0.3 is 0 Å². The zero-order chi connectivity index (χ0) is 27.1. The summed E-state index contributed by atoms with van der Waals surface area (Å²) in [7, 11) is 0. The molecule has 1 heterocycles. The number of nitriles is 3. The zero-order valence-corrected chi connectivity index (χ0v) is 23.0. The van der Waals surface area contributed by atoms with Gasteiger partial charge in [-0.15, -0.1) is 11.3 Å². The first kappa shape index (κ1) is 26.9. The highest BCUT2D eigenvalue weighted by Crippen LogP contribution is 2.38. The fraction of sp³-hybridized carbons (Fsp3) is 0.241. The summed E-state index contributed by atoms with van der Waals surface area (Å²) in [6.07, 6.45) is 5.28. The van der Waals surface area contributed by atoms with Crippen molar-refractivity contribution in [3.8, 4) is 29.7 Å². The van der Waals surface area contributed by atoms with Gasteiger partial charge in [-0.3, -0.25) is 4.79 Å². The van der Waals surface area contributed by atoms with Crippen LogP contribution in [0.5, 0.6) is 11.5 Å². The van der Waals surface area contributed by atoms with Crippen LogP contribution in [0.4, 0.5) is 5.00 Å². The molecule has 38 heavy (non-hydrogen) atoms. The van der Waals surface area contributed by atoms with Crippen LogP contribution in [0.15, 0.2) is 46.4 Å². The van der Waals surface area contributed by atoms with E-state index in [0.717, 1.165) is 41.7 Å². The molecule has 0 aliphatic heterocycles. The van der Waals surface area contributed by atoms with Crippen LogP contribution in [-0.2, 0) is 24.2 Å². The van der Waals surface area contributed by atoms with Gasteiger partial charge in [-0.25, -0.2) is 0 Å². The van der Waals surface area contributed by atoms with E-state index in [1.165, 1.54) is 17.4 Å². The van der Waals surface area contributed by atoms with Crippen LogP contribution in [0.2, 0.25) is 0 Å². The highest BCUT2D eigenvalue weighted by Gasteiger charge is 2.23. The normalized spacial score (nSPS) is 12.4. The number of hydrogen-bond donors (Lipinski definition) is 1. The molecule has 4 rings (SSSR count). The van der Waals surface area contributed by atoms with Gasteiger partial charge in [0.25, 0.3) is 5.91 Å². The minimum Gasteiger partial charge on any atom is -0.490 e. The third-order valence-corrected chi connectivity index (χ3v) is 7.95. The Morgan fingerprint density at radius 3 is 2.61 bits per heavy atom. The third kappa shape index (κ3) is 5.89. The summed E-state index contributed by atoms with van der Waals surface area (Å²) in [6.45, 7) is 2.39.